The van der Waals surface area contributed by atoms with E-state index in [2.05, 4.69) is 19.7 Å². The highest BCUT2D eigenvalue weighted by Gasteiger charge is 2.31. The van der Waals surface area contributed by atoms with Crippen LogP contribution < -0.4 is 4.74 Å². The summed E-state index contributed by atoms with van der Waals surface area (Å²) in [4.78, 5) is 2.44. The summed E-state index contributed by atoms with van der Waals surface area (Å²) in [7, 11) is 0. The van der Waals surface area contributed by atoms with E-state index in [1.54, 1.807) is 18.2 Å². The van der Waals surface area contributed by atoms with Crippen molar-refractivity contribution in [3.05, 3.63) is 40.4 Å². The lowest BCUT2D eigenvalue weighted by molar-refractivity contribution is 0.166. The van der Waals surface area contributed by atoms with E-state index in [9.17, 15) is 0 Å². The first kappa shape index (κ1) is 17.1. The molecule has 134 valence electrons. The van der Waals surface area contributed by atoms with E-state index < -0.39 is 0 Å². The quantitative estimate of drug-likeness (QED) is 0.753. The van der Waals surface area contributed by atoms with Crippen LogP contribution >= 0.6 is 23.2 Å². The number of piperidine rings is 1. The molecule has 4 rings (SSSR count). The second-order valence-electron chi connectivity index (χ2n) is 6.89. The zero-order valence-electron chi connectivity index (χ0n) is 14.1. The molecule has 0 amide bonds. The third-order valence-corrected chi connectivity index (χ3v) is 5.52. The Morgan fingerprint density at radius 2 is 2.08 bits per heavy atom. The van der Waals surface area contributed by atoms with Crippen LogP contribution in [-0.4, -0.2) is 45.9 Å². The molecule has 1 aliphatic heterocycles. The first-order valence-electron chi connectivity index (χ1n) is 8.90. The molecular formula is C18H22Cl2N4O. The van der Waals surface area contributed by atoms with Gasteiger partial charge in [-0.3, -0.25) is 4.90 Å². The minimum Gasteiger partial charge on any atom is -0.491 e. The van der Waals surface area contributed by atoms with E-state index >= 15 is 0 Å². The van der Waals surface area contributed by atoms with Crippen molar-refractivity contribution in [2.75, 3.05) is 26.2 Å². The number of rotatable bonds is 6. The molecule has 1 aliphatic carbocycles. The Labute approximate surface area is 157 Å². The largest absolute Gasteiger partial charge is 0.491 e. The second-order valence-corrected chi connectivity index (χ2v) is 7.73. The monoisotopic (exact) mass is 380 g/mol. The fourth-order valence-corrected chi connectivity index (χ4v) is 3.85. The Bertz CT molecular complexity index is 732. The average Bonchev–Trinajstić information content (AvgIpc) is 3.35. The van der Waals surface area contributed by atoms with E-state index in [4.69, 9.17) is 27.9 Å². The maximum Gasteiger partial charge on any atom is 0.139 e. The Balaban J connectivity index is 1.32. The molecule has 1 aromatic heterocycles. The summed E-state index contributed by atoms with van der Waals surface area (Å²) in [6.45, 7) is 3.58. The van der Waals surface area contributed by atoms with Crippen LogP contribution in [0, 0.1) is 0 Å². The third kappa shape index (κ3) is 4.10. The number of halogens is 2. The van der Waals surface area contributed by atoms with Crippen molar-refractivity contribution in [1.29, 1.82) is 0 Å². The van der Waals surface area contributed by atoms with Crippen molar-refractivity contribution < 1.29 is 4.74 Å². The molecule has 2 aromatic rings. The molecular weight excluding hydrogens is 359 g/mol. The summed E-state index contributed by atoms with van der Waals surface area (Å²) in [5, 5.41) is 9.79. The van der Waals surface area contributed by atoms with Crippen molar-refractivity contribution in [2.45, 2.75) is 37.6 Å². The summed E-state index contributed by atoms with van der Waals surface area (Å²) in [6.07, 6.45) is 6.78. The SMILES string of the molecule is Clc1ccc(Cl)c(OCCN2CCC[C@H](c3nncn3C3CC3)C2)c1. The Kier molecular flexibility index (Phi) is 5.15. The van der Waals surface area contributed by atoms with Gasteiger partial charge in [0.2, 0.25) is 0 Å². The normalized spacial score (nSPS) is 21.4. The van der Waals surface area contributed by atoms with Gasteiger partial charge in [0.25, 0.3) is 0 Å². The molecule has 0 unspecified atom stereocenters. The van der Waals surface area contributed by atoms with Gasteiger partial charge in [-0.15, -0.1) is 10.2 Å². The molecule has 1 saturated carbocycles. The van der Waals surface area contributed by atoms with Crippen LogP contribution in [0.2, 0.25) is 10.0 Å². The van der Waals surface area contributed by atoms with Crippen molar-refractivity contribution in [3.63, 3.8) is 0 Å². The van der Waals surface area contributed by atoms with Crippen LogP contribution in [0.4, 0.5) is 0 Å². The predicted molar refractivity (Wildman–Crippen MR) is 98.7 cm³/mol. The molecule has 0 N–H and O–H groups in total. The lowest BCUT2D eigenvalue weighted by Crippen LogP contribution is -2.37. The fourth-order valence-electron chi connectivity index (χ4n) is 3.52. The molecule has 1 aromatic carbocycles. The number of hydrogen-bond acceptors (Lipinski definition) is 4. The Morgan fingerprint density at radius 3 is 2.92 bits per heavy atom. The fraction of sp³-hybridized carbons (Fsp3) is 0.556. The minimum atomic E-state index is 0.464. The Morgan fingerprint density at radius 1 is 1.20 bits per heavy atom. The standard InChI is InChI=1S/C18H22Cl2N4O/c19-14-3-6-16(20)17(10-14)25-9-8-23-7-1-2-13(11-23)18-22-21-12-24(18)15-4-5-15/h3,6,10,12-13,15H,1-2,4-5,7-9,11H2/t13-/m0/s1. The van der Waals surface area contributed by atoms with Crippen LogP contribution in [0.15, 0.2) is 24.5 Å². The zero-order chi connectivity index (χ0) is 17.2. The van der Waals surface area contributed by atoms with Gasteiger partial charge in [-0.05, 0) is 44.4 Å². The number of ether oxygens (including phenoxy) is 1. The molecule has 1 saturated heterocycles. The van der Waals surface area contributed by atoms with Crippen LogP contribution in [-0.2, 0) is 0 Å². The lowest BCUT2D eigenvalue weighted by Gasteiger charge is -2.32. The number of likely N-dealkylation sites (tertiary alicyclic amines) is 1. The number of nitrogens with zero attached hydrogens (tertiary/aromatic N) is 4. The van der Waals surface area contributed by atoms with E-state index in [0.717, 1.165) is 25.5 Å². The zero-order valence-corrected chi connectivity index (χ0v) is 15.6. The average molecular weight is 381 g/mol. The highest BCUT2D eigenvalue weighted by molar-refractivity contribution is 6.34. The summed E-state index contributed by atoms with van der Waals surface area (Å²) >= 11 is 12.1. The summed E-state index contributed by atoms with van der Waals surface area (Å²) in [5.74, 6) is 2.27. The van der Waals surface area contributed by atoms with Gasteiger partial charge in [-0.2, -0.15) is 0 Å². The van der Waals surface area contributed by atoms with E-state index in [1.807, 2.05) is 6.33 Å². The number of aromatic nitrogens is 3. The van der Waals surface area contributed by atoms with Crippen LogP contribution in [0.25, 0.3) is 0 Å². The lowest BCUT2D eigenvalue weighted by atomic mass is 9.97. The van der Waals surface area contributed by atoms with Gasteiger partial charge < -0.3 is 9.30 Å². The van der Waals surface area contributed by atoms with E-state index in [-0.39, 0.29) is 0 Å². The smallest absolute Gasteiger partial charge is 0.139 e. The molecule has 2 aliphatic rings. The first-order chi connectivity index (χ1) is 12.2. The molecule has 25 heavy (non-hydrogen) atoms. The molecule has 0 spiro atoms. The predicted octanol–water partition coefficient (Wildman–Crippen LogP) is 4.18. The van der Waals surface area contributed by atoms with E-state index in [1.165, 1.54) is 25.7 Å². The van der Waals surface area contributed by atoms with Gasteiger partial charge >= 0.3 is 0 Å². The highest BCUT2D eigenvalue weighted by atomic mass is 35.5. The molecule has 0 bridgehead atoms. The molecule has 7 heteroatoms. The maximum atomic E-state index is 6.15. The van der Waals surface area contributed by atoms with Gasteiger partial charge in [-0.25, -0.2) is 0 Å². The maximum absolute atomic E-state index is 6.15. The number of benzene rings is 1. The van der Waals surface area contributed by atoms with Crippen molar-refractivity contribution in [2.24, 2.45) is 0 Å². The summed E-state index contributed by atoms with van der Waals surface area (Å²) in [5.41, 5.74) is 0. The first-order valence-corrected chi connectivity index (χ1v) is 9.66. The van der Waals surface area contributed by atoms with Crippen LogP contribution in [0.1, 0.15) is 43.5 Å². The second kappa shape index (κ2) is 7.52. The molecule has 1 atom stereocenters. The molecule has 2 heterocycles. The highest BCUT2D eigenvalue weighted by Crippen LogP contribution is 2.38. The van der Waals surface area contributed by atoms with E-state index in [0.29, 0.717) is 34.4 Å². The van der Waals surface area contributed by atoms with Gasteiger partial charge in [-0.1, -0.05) is 23.2 Å². The Hall–Kier alpha value is -1.30. The third-order valence-electron chi connectivity index (χ3n) is 4.97. The van der Waals surface area contributed by atoms with Gasteiger partial charge in [0.05, 0.1) is 5.02 Å². The summed E-state index contributed by atoms with van der Waals surface area (Å²) in [6, 6.07) is 5.93. The van der Waals surface area contributed by atoms with Crippen molar-refractivity contribution >= 4 is 23.2 Å². The van der Waals surface area contributed by atoms with Crippen LogP contribution in [0.3, 0.4) is 0 Å². The van der Waals surface area contributed by atoms with Gasteiger partial charge in [0.15, 0.2) is 0 Å². The molecule has 0 radical (unpaired) electrons. The molecule has 2 fully saturated rings. The topological polar surface area (TPSA) is 43.2 Å². The van der Waals surface area contributed by atoms with Crippen molar-refractivity contribution in [3.8, 4) is 5.75 Å². The number of hydrogen-bond donors (Lipinski definition) is 0. The van der Waals surface area contributed by atoms with Crippen LogP contribution in [0.5, 0.6) is 5.75 Å². The van der Waals surface area contributed by atoms with Crippen molar-refractivity contribution in [1.82, 2.24) is 19.7 Å². The molecule has 5 nitrogen and oxygen atoms in total. The summed E-state index contributed by atoms with van der Waals surface area (Å²) < 4.78 is 8.12. The van der Waals surface area contributed by atoms with Gasteiger partial charge in [0, 0.05) is 36.1 Å². The van der Waals surface area contributed by atoms with Gasteiger partial charge in [0.1, 0.15) is 24.5 Å². The minimum absolute atomic E-state index is 0.464.